The molecule has 12 heavy (non-hydrogen) atoms. The Bertz CT molecular complexity index is 368. The second-order valence-corrected chi connectivity index (χ2v) is 7.00. The summed E-state index contributed by atoms with van der Waals surface area (Å²) < 4.78 is 51.3. The minimum absolute atomic E-state index is 0.390. The summed E-state index contributed by atoms with van der Waals surface area (Å²) in [5.41, 5.74) is 0. The van der Waals surface area contributed by atoms with E-state index in [9.17, 15) is 16.8 Å². The van der Waals surface area contributed by atoms with E-state index >= 15 is 0 Å². The van der Waals surface area contributed by atoms with Gasteiger partial charge in [0.1, 0.15) is 5.25 Å². The molecule has 0 aliphatic carbocycles. The van der Waals surface area contributed by atoms with E-state index in [1.54, 1.807) is 0 Å². The van der Waals surface area contributed by atoms with Crippen LogP contribution in [0.4, 0.5) is 0 Å². The van der Waals surface area contributed by atoms with E-state index in [-0.39, 0.29) is 5.75 Å². The van der Waals surface area contributed by atoms with Crippen molar-refractivity contribution in [3.05, 3.63) is 0 Å². The predicted octanol–water partition coefficient (Wildman–Crippen LogP) is -0.721. The molecule has 1 aliphatic rings. The van der Waals surface area contributed by atoms with E-state index < -0.39 is 36.3 Å². The van der Waals surface area contributed by atoms with Crippen LogP contribution in [0.3, 0.4) is 0 Å². The summed E-state index contributed by atoms with van der Waals surface area (Å²) in [7, 11) is -7.73. The van der Waals surface area contributed by atoms with E-state index in [1.807, 2.05) is 0 Å². The third kappa shape index (κ3) is 2.09. The maximum absolute atomic E-state index is 10.8. The smallest absolute Gasteiger partial charge is 0.270 e. The Hall–Kier alpha value is 0.150. The van der Waals surface area contributed by atoms with Gasteiger partial charge in [0.15, 0.2) is 9.84 Å². The molecule has 0 spiro atoms. The van der Waals surface area contributed by atoms with Gasteiger partial charge >= 0.3 is 0 Å². The first-order valence-corrected chi connectivity index (χ1v) is 6.79. The van der Waals surface area contributed by atoms with Gasteiger partial charge in [0, 0.05) is 0 Å². The van der Waals surface area contributed by atoms with Gasteiger partial charge in [-0.25, -0.2) is 8.42 Å². The monoisotopic (exact) mass is 234 g/mol. The predicted molar refractivity (Wildman–Crippen MR) is 43.6 cm³/mol. The van der Waals surface area contributed by atoms with Gasteiger partial charge < -0.3 is 0 Å². The van der Waals surface area contributed by atoms with Gasteiger partial charge in [0.25, 0.3) is 10.1 Å². The minimum atomic E-state index is -4.33. The summed E-state index contributed by atoms with van der Waals surface area (Å²) in [6.45, 7) is 0. The van der Waals surface area contributed by atoms with Crippen molar-refractivity contribution in [1.29, 1.82) is 0 Å². The molecule has 0 aromatic heterocycles. The Morgan fingerprint density at radius 3 is 2.00 bits per heavy atom. The lowest BCUT2D eigenvalue weighted by Crippen LogP contribution is -2.28. The molecule has 5 nitrogen and oxygen atoms in total. The highest BCUT2D eigenvalue weighted by Gasteiger charge is 2.43. The maximum atomic E-state index is 10.8. The van der Waals surface area contributed by atoms with Crippen LogP contribution in [0, 0.1) is 0 Å². The van der Waals surface area contributed by atoms with Crippen LogP contribution in [0.25, 0.3) is 0 Å². The molecule has 0 bridgehead atoms. The molecule has 1 rings (SSSR count). The van der Waals surface area contributed by atoms with Crippen LogP contribution >= 0.6 is 11.6 Å². The summed E-state index contributed by atoms with van der Waals surface area (Å²) in [5, 5.41) is -2.41. The average Bonchev–Trinajstić information content (AvgIpc) is 2.03. The second kappa shape index (κ2) is 2.83. The summed E-state index contributed by atoms with van der Waals surface area (Å²) in [6.07, 6.45) is 0. The topological polar surface area (TPSA) is 88.5 Å². The molecule has 0 amide bonds. The molecule has 72 valence electrons. The highest BCUT2D eigenvalue weighted by Crippen LogP contribution is 2.23. The molecule has 0 aromatic rings. The second-order valence-electron chi connectivity index (χ2n) is 2.65. The van der Waals surface area contributed by atoms with Crippen LogP contribution in [-0.4, -0.2) is 43.5 Å². The van der Waals surface area contributed by atoms with Gasteiger partial charge in [0.2, 0.25) is 0 Å². The normalized spacial score (nSPS) is 35.2. The van der Waals surface area contributed by atoms with Crippen molar-refractivity contribution in [3.8, 4) is 0 Å². The molecular weight excluding hydrogens is 228 g/mol. The van der Waals surface area contributed by atoms with E-state index in [0.29, 0.717) is 0 Å². The zero-order valence-corrected chi connectivity index (χ0v) is 8.23. The quantitative estimate of drug-likeness (QED) is 0.478. The van der Waals surface area contributed by atoms with Gasteiger partial charge in [-0.05, 0) is 0 Å². The summed E-state index contributed by atoms with van der Waals surface area (Å²) >= 11 is 5.43. The highest BCUT2D eigenvalue weighted by molar-refractivity contribution is 7.94. The van der Waals surface area contributed by atoms with Gasteiger partial charge in [-0.2, -0.15) is 8.42 Å². The Morgan fingerprint density at radius 2 is 1.83 bits per heavy atom. The summed E-state index contributed by atoms with van der Waals surface area (Å²) in [4.78, 5) is 0. The maximum Gasteiger partial charge on any atom is 0.270 e. The summed E-state index contributed by atoms with van der Waals surface area (Å²) in [5.74, 6) is -0.973. The summed E-state index contributed by atoms with van der Waals surface area (Å²) in [6, 6.07) is 0. The molecule has 8 heteroatoms. The van der Waals surface area contributed by atoms with Gasteiger partial charge in [-0.1, -0.05) is 0 Å². The lowest BCUT2D eigenvalue weighted by Gasteiger charge is -2.05. The lowest BCUT2D eigenvalue weighted by atomic mass is 10.4. The highest BCUT2D eigenvalue weighted by atomic mass is 35.5. The largest absolute Gasteiger partial charge is 0.285 e. The van der Waals surface area contributed by atoms with Crippen LogP contribution in [0.15, 0.2) is 0 Å². The van der Waals surface area contributed by atoms with Crippen molar-refractivity contribution in [2.24, 2.45) is 0 Å². The molecule has 1 aliphatic heterocycles. The molecule has 2 atom stereocenters. The molecule has 1 saturated heterocycles. The molecule has 1 N–H and O–H groups in total. The number of sulfone groups is 1. The van der Waals surface area contributed by atoms with Crippen LogP contribution in [0.5, 0.6) is 0 Å². The number of hydrogen-bond donors (Lipinski definition) is 1. The van der Waals surface area contributed by atoms with E-state index in [4.69, 9.17) is 16.2 Å². The fraction of sp³-hybridized carbons (Fsp3) is 1.00. The Labute approximate surface area is 75.4 Å². The molecule has 0 aromatic carbocycles. The zero-order chi connectivity index (χ0) is 9.57. The van der Waals surface area contributed by atoms with Crippen molar-refractivity contribution in [3.63, 3.8) is 0 Å². The van der Waals surface area contributed by atoms with Crippen molar-refractivity contribution in [2.45, 2.75) is 10.6 Å². The fourth-order valence-corrected chi connectivity index (χ4v) is 5.69. The molecule has 0 saturated carbocycles. The lowest BCUT2D eigenvalue weighted by molar-refractivity contribution is 0.471. The third-order valence-electron chi connectivity index (χ3n) is 1.62. The van der Waals surface area contributed by atoms with Crippen molar-refractivity contribution < 1.29 is 21.4 Å². The number of alkyl halides is 1. The first-order chi connectivity index (χ1) is 5.22. The number of hydrogen-bond acceptors (Lipinski definition) is 4. The van der Waals surface area contributed by atoms with Gasteiger partial charge in [-0.15, -0.1) is 11.6 Å². The third-order valence-corrected chi connectivity index (χ3v) is 5.61. The average molecular weight is 235 g/mol. The molecule has 1 heterocycles. The number of halogens is 1. The van der Waals surface area contributed by atoms with E-state index in [0.717, 1.165) is 0 Å². The zero-order valence-electron chi connectivity index (χ0n) is 5.84. The molecule has 1 fully saturated rings. The first kappa shape index (κ1) is 10.2. The Morgan fingerprint density at radius 1 is 1.33 bits per heavy atom. The fourth-order valence-electron chi connectivity index (χ4n) is 1.05. The molecule has 0 radical (unpaired) electrons. The van der Waals surface area contributed by atoms with Crippen LogP contribution in [0.2, 0.25) is 0 Å². The minimum Gasteiger partial charge on any atom is -0.285 e. The van der Waals surface area contributed by atoms with Crippen LogP contribution < -0.4 is 0 Å². The first-order valence-electron chi connectivity index (χ1n) is 3.03. The van der Waals surface area contributed by atoms with E-state index in [2.05, 4.69) is 0 Å². The van der Waals surface area contributed by atoms with Gasteiger partial charge in [-0.3, -0.25) is 4.55 Å². The molecule has 2 unspecified atom stereocenters. The van der Waals surface area contributed by atoms with Gasteiger partial charge in [0.05, 0.1) is 16.9 Å². The SMILES string of the molecule is O=S1(=O)CC(Cl)C(S(=O)(=O)O)C1. The molecular formula is C4H7ClO5S2. The van der Waals surface area contributed by atoms with E-state index in [1.165, 1.54) is 0 Å². The Kier molecular flexibility index (Phi) is 2.41. The standard InChI is InChI=1S/C4H7ClO5S2/c5-3-1-11(6,7)2-4(3)12(8,9)10/h3-4H,1-2H2,(H,8,9,10). The van der Waals surface area contributed by atoms with Crippen molar-refractivity contribution in [2.75, 3.05) is 11.5 Å². The van der Waals surface area contributed by atoms with Crippen LogP contribution in [0.1, 0.15) is 0 Å². The van der Waals surface area contributed by atoms with Crippen molar-refractivity contribution >= 4 is 31.6 Å². The van der Waals surface area contributed by atoms with Crippen molar-refractivity contribution in [1.82, 2.24) is 0 Å². The van der Waals surface area contributed by atoms with Crippen LogP contribution in [-0.2, 0) is 20.0 Å². The Balaban J connectivity index is 3.01. The number of rotatable bonds is 1.